The summed E-state index contributed by atoms with van der Waals surface area (Å²) in [6.45, 7) is 4.42. The zero-order valence-corrected chi connectivity index (χ0v) is 14.7. The molecule has 1 aromatic carbocycles. The van der Waals surface area contributed by atoms with Crippen molar-refractivity contribution in [3.63, 3.8) is 0 Å². The second-order valence-corrected chi connectivity index (χ2v) is 7.10. The number of nitrogens with zero attached hydrogens (tertiary/aromatic N) is 4. The summed E-state index contributed by atoms with van der Waals surface area (Å²) in [5.41, 5.74) is 2.92. The standard InChI is InChI=1S/C18H20N4OS/c1-12-4-3-9-22(10-12)18-17-16(19-11-20-18)15(21-24-17)13-5-7-14(23-2)8-6-13/h5-8,11-12H,3-4,9-10H2,1-2H3. The minimum absolute atomic E-state index is 0.706. The number of rotatable bonds is 3. The van der Waals surface area contributed by atoms with Crippen molar-refractivity contribution < 1.29 is 4.74 Å². The molecular formula is C18H20N4OS. The number of methoxy groups -OCH3 is 1. The summed E-state index contributed by atoms with van der Waals surface area (Å²) in [7, 11) is 1.67. The maximum atomic E-state index is 5.23. The lowest BCUT2D eigenvalue weighted by Crippen LogP contribution is -2.34. The molecule has 1 saturated heterocycles. The molecule has 6 heteroatoms. The molecule has 1 unspecified atom stereocenters. The number of anilines is 1. The molecule has 1 fully saturated rings. The highest BCUT2D eigenvalue weighted by Gasteiger charge is 2.22. The third-order valence-electron chi connectivity index (χ3n) is 4.56. The van der Waals surface area contributed by atoms with Gasteiger partial charge in [0.2, 0.25) is 0 Å². The summed E-state index contributed by atoms with van der Waals surface area (Å²) >= 11 is 1.49. The molecule has 1 atom stereocenters. The average molecular weight is 340 g/mol. The van der Waals surface area contributed by atoms with Gasteiger partial charge in [-0.25, -0.2) is 9.97 Å². The van der Waals surface area contributed by atoms with E-state index in [-0.39, 0.29) is 0 Å². The van der Waals surface area contributed by atoms with Gasteiger partial charge in [-0.15, -0.1) is 0 Å². The average Bonchev–Trinajstić information content (AvgIpc) is 3.06. The Bertz CT molecular complexity index is 846. The van der Waals surface area contributed by atoms with Crippen LogP contribution in [0.4, 0.5) is 5.82 Å². The Kier molecular flexibility index (Phi) is 4.06. The first kappa shape index (κ1) is 15.3. The van der Waals surface area contributed by atoms with Crippen LogP contribution in [0.1, 0.15) is 19.8 Å². The van der Waals surface area contributed by atoms with Crippen LogP contribution in [0.2, 0.25) is 0 Å². The van der Waals surface area contributed by atoms with Crippen LogP contribution in [-0.2, 0) is 0 Å². The Morgan fingerprint density at radius 2 is 2.04 bits per heavy atom. The largest absolute Gasteiger partial charge is 0.497 e. The summed E-state index contributed by atoms with van der Waals surface area (Å²) in [5, 5.41) is 0. The van der Waals surface area contributed by atoms with Gasteiger partial charge in [0.25, 0.3) is 0 Å². The summed E-state index contributed by atoms with van der Waals surface area (Å²) in [6, 6.07) is 7.96. The van der Waals surface area contributed by atoms with Crippen molar-refractivity contribution in [3.8, 4) is 17.0 Å². The Morgan fingerprint density at radius 1 is 1.21 bits per heavy atom. The van der Waals surface area contributed by atoms with Crippen LogP contribution in [0.15, 0.2) is 30.6 Å². The molecule has 0 saturated carbocycles. The smallest absolute Gasteiger partial charge is 0.151 e. The highest BCUT2D eigenvalue weighted by Crippen LogP contribution is 2.35. The molecule has 0 amide bonds. The molecule has 3 aromatic rings. The normalized spacial score (nSPS) is 18.1. The second kappa shape index (κ2) is 6.36. The van der Waals surface area contributed by atoms with E-state index in [1.54, 1.807) is 13.4 Å². The molecule has 4 rings (SSSR count). The van der Waals surface area contributed by atoms with Gasteiger partial charge in [0.05, 0.1) is 7.11 Å². The lowest BCUT2D eigenvalue weighted by atomic mass is 10.0. The monoisotopic (exact) mass is 340 g/mol. The third-order valence-corrected chi connectivity index (χ3v) is 5.39. The molecule has 0 spiro atoms. The van der Waals surface area contributed by atoms with Gasteiger partial charge in [-0.3, -0.25) is 0 Å². The van der Waals surface area contributed by atoms with Crippen LogP contribution in [0, 0.1) is 5.92 Å². The fourth-order valence-corrected chi connectivity index (χ4v) is 4.17. The van der Waals surface area contributed by atoms with Crippen LogP contribution in [0.5, 0.6) is 5.75 Å². The zero-order valence-electron chi connectivity index (χ0n) is 13.9. The highest BCUT2D eigenvalue weighted by atomic mass is 32.1. The summed E-state index contributed by atoms with van der Waals surface area (Å²) in [4.78, 5) is 11.5. The molecule has 5 nitrogen and oxygen atoms in total. The number of aromatic nitrogens is 3. The predicted molar refractivity (Wildman–Crippen MR) is 97.8 cm³/mol. The van der Waals surface area contributed by atoms with Crippen LogP contribution in [0.3, 0.4) is 0 Å². The van der Waals surface area contributed by atoms with E-state index in [0.717, 1.165) is 46.1 Å². The van der Waals surface area contributed by atoms with Gasteiger partial charge < -0.3 is 9.64 Å². The van der Waals surface area contributed by atoms with E-state index in [1.807, 2.05) is 24.3 Å². The summed E-state index contributed by atoms with van der Waals surface area (Å²) in [5.74, 6) is 2.58. The lowest BCUT2D eigenvalue weighted by Gasteiger charge is -2.31. The molecule has 2 aromatic heterocycles. The third kappa shape index (κ3) is 2.71. The second-order valence-electron chi connectivity index (χ2n) is 6.33. The van der Waals surface area contributed by atoms with Crippen molar-refractivity contribution in [2.75, 3.05) is 25.1 Å². The molecule has 0 N–H and O–H groups in total. The molecular weight excluding hydrogens is 320 g/mol. The van der Waals surface area contributed by atoms with Crippen molar-refractivity contribution in [1.29, 1.82) is 0 Å². The first-order valence-corrected chi connectivity index (χ1v) is 9.03. The van der Waals surface area contributed by atoms with Gasteiger partial charge in [0.1, 0.15) is 28.0 Å². The molecule has 1 aliphatic rings. The van der Waals surface area contributed by atoms with E-state index < -0.39 is 0 Å². The molecule has 24 heavy (non-hydrogen) atoms. The maximum Gasteiger partial charge on any atom is 0.151 e. The Hall–Kier alpha value is -2.21. The van der Waals surface area contributed by atoms with Crippen molar-refractivity contribution in [1.82, 2.24) is 14.3 Å². The Labute approximate surface area is 145 Å². The molecule has 0 radical (unpaired) electrons. The van der Waals surface area contributed by atoms with E-state index >= 15 is 0 Å². The van der Waals surface area contributed by atoms with E-state index in [9.17, 15) is 0 Å². The molecule has 0 bridgehead atoms. The summed E-state index contributed by atoms with van der Waals surface area (Å²) in [6.07, 6.45) is 4.18. The first-order chi connectivity index (χ1) is 11.8. The van der Waals surface area contributed by atoms with E-state index in [2.05, 4.69) is 26.2 Å². The quantitative estimate of drug-likeness (QED) is 0.721. The number of ether oxygens (including phenoxy) is 1. The number of hydrogen-bond acceptors (Lipinski definition) is 6. The first-order valence-electron chi connectivity index (χ1n) is 8.26. The van der Waals surface area contributed by atoms with Gasteiger partial charge in [0, 0.05) is 18.7 Å². The van der Waals surface area contributed by atoms with Crippen LogP contribution in [0.25, 0.3) is 21.5 Å². The van der Waals surface area contributed by atoms with E-state index in [4.69, 9.17) is 4.74 Å². The lowest BCUT2D eigenvalue weighted by molar-refractivity contribution is 0.415. The molecule has 1 aliphatic heterocycles. The van der Waals surface area contributed by atoms with Gasteiger partial charge in [-0.1, -0.05) is 6.92 Å². The topological polar surface area (TPSA) is 51.1 Å². The number of fused-ring (bicyclic) bond motifs is 1. The number of piperidine rings is 1. The van der Waals surface area contributed by atoms with Gasteiger partial charge in [-0.05, 0) is 54.6 Å². The fraction of sp³-hybridized carbons (Fsp3) is 0.389. The van der Waals surface area contributed by atoms with Crippen LogP contribution >= 0.6 is 11.5 Å². The zero-order chi connectivity index (χ0) is 16.5. The van der Waals surface area contributed by atoms with E-state index in [1.165, 1.54) is 24.4 Å². The van der Waals surface area contributed by atoms with Crippen molar-refractivity contribution in [2.24, 2.45) is 5.92 Å². The predicted octanol–water partition coefficient (Wildman–Crippen LogP) is 4.00. The van der Waals surface area contributed by atoms with Gasteiger partial charge in [-0.2, -0.15) is 4.37 Å². The minimum atomic E-state index is 0.706. The number of benzene rings is 1. The fourth-order valence-electron chi connectivity index (χ4n) is 3.30. The Morgan fingerprint density at radius 3 is 2.79 bits per heavy atom. The van der Waals surface area contributed by atoms with Crippen molar-refractivity contribution in [2.45, 2.75) is 19.8 Å². The molecule has 3 heterocycles. The maximum absolute atomic E-state index is 5.23. The van der Waals surface area contributed by atoms with E-state index in [0.29, 0.717) is 5.92 Å². The molecule has 0 aliphatic carbocycles. The SMILES string of the molecule is COc1ccc(-c2nsc3c(N4CCCC(C)C4)ncnc23)cc1. The Balaban J connectivity index is 1.75. The minimum Gasteiger partial charge on any atom is -0.497 e. The van der Waals surface area contributed by atoms with Crippen LogP contribution < -0.4 is 9.64 Å². The number of hydrogen-bond donors (Lipinski definition) is 0. The summed E-state index contributed by atoms with van der Waals surface area (Å²) < 4.78 is 11.0. The molecule has 124 valence electrons. The van der Waals surface area contributed by atoms with Gasteiger partial charge in [0.15, 0.2) is 5.82 Å². The van der Waals surface area contributed by atoms with Crippen molar-refractivity contribution in [3.05, 3.63) is 30.6 Å². The highest BCUT2D eigenvalue weighted by molar-refractivity contribution is 7.14. The van der Waals surface area contributed by atoms with Gasteiger partial charge >= 0.3 is 0 Å². The van der Waals surface area contributed by atoms with Crippen LogP contribution in [-0.4, -0.2) is 34.5 Å². The van der Waals surface area contributed by atoms with Crippen molar-refractivity contribution >= 4 is 27.6 Å².